The fourth-order valence-corrected chi connectivity index (χ4v) is 3.35. The topological polar surface area (TPSA) is 34.1 Å². The van der Waals surface area contributed by atoms with E-state index >= 15 is 0 Å². The Labute approximate surface area is 114 Å². The first-order valence-corrected chi connectivity index (χ1v) is 8.67. The van der Waals surface area contributed by atoms with E-state index in [-0.39, 0.29) is 5.75 Å². The molecule has 1 aromatic carbocycles. The molecule has 0 fully saturated rings. The average molecular weight is 370 g/mol. The van der Waals surface area contributed by atoms with E-state index in [9.17, 15) is 8.42 Å². The second-order valence-electron chi connectivity index (χ2n) is 3.52. The molecule has 0 aliphatic carbocycles. The fourth-order valence-electron chi connectivity index (χ4n) is 1.32. The van der Waals surface area contributed by atoms with E-state index in [1.807, 2.05) is 0 Å². The van der Waals surface area contributed by atoms with Crippen LogP contribution in [0.3, 0.4) is 0 Å². The standard InChI is InChI=1S/C11H14Br2O2S/c12-8-2-1-3-9-16(14,15)11-6-4-10(13)5-7-11/h4-7H,1-3,8-9H2. The molecule has 0 N–H and O–H groups in total. The smallest absolute Gasteiger partial charge is 0.178 e. The summed E-state index contributed by atoms with van der Waals surface area (Å²) < 4.78 is 24.7. The molecule has 0 spiro atoms. The molecule has 90 valence electrons. The van der Waals surface area contributed by atoms with Crippen LogP contribution in [0.2, 0.25) is 0 Å². The molecule has 2 nitrogen and oxygen atoms in total. The third kappa shape index (κ3) is 4.55. The fraction of sp³-hybridized carbons (Fsp3) is 0.455. The minimum Gasteiger partial charge on any atom is -0.224 e. The van der Waals surface area contributed by atoms with Gasteiger partial charge in [-0.15, -0.1) is 0 Å². The van der Waals surface area contributed by atoms with E-state index in [4.69, 9.17) is 0 Å². The Kier molecular flexibility index (Phi) is 6.00. The molecule has 0 aliphatic heterocycles. The van der Waals surface area contributed by atoms with E-state index in [0.717, 1.165) is 29.1 Å². The van der Waals surface area contributed by atoms with E-state index in [1.165, 1.54) is 0 Å². The van der Waals surface area contributed by atoms with Crippen LogP contribution in [0, 0.1) is 0 Å². The maximum absolute atomic E-state index is 11.9. The van der Waals surface area contributed by atoms with Crippen LogP contribution in [-0.2, 0) is 9.84 Å². The highest BCUT2D eigenvalue weighted by Gasteiger charge is 2.13. The summed E-state index contributed by atoms with van der Waals surface area (Å²) in [6.45, 7) is 0. The Balaban J connectivity index is 2.60. The van der Waals surface area contributed by atoms with Crippen LogP contribution in [0.5, 0.6) is 0 Å². The van der Waals surface area contributed by atoms with Gasteiger partial charge in [0.1, 0.15) is 0 Å². The van der Waals surface area contributed by atoms with Crippen molar-refractivity contribution in [2.24, 2.45) is 0 Å². The van der Waals surface area contributed by atoms with Gasteiger partial charge in [-0.1, -0.05) is 38.3 Å². The van der Waals surface area contributed by atoms with Gasteiger partial charge in [0, 0.05) is 9.80 Å². The van der Waals surface area contributed by atoms with Crippen molar-refractivity contribution in [3.05, 3.63) is 28.7 Å². The second-order valence-corrected chi connectivity index (χ2v) is 7.34. The van der Waals surface area contributed by atoms with Gasteiger partial charge in [0.05, 0.1) is 10.6 Å². The zero-order valence-corrected chi connectivity index (χ0v) is 12.8. The predicted molar refractivity (Wildman–Crippen MR) is 73.8 cm³/mol. The van der Waals surface area contributed by atoms with Crippen LogP contribution in [-0.4, -0.2) is 19.5 Å². The number of alkyl halides is 1. The molecule has 0 saturated heterocycles. The summed E-state index contributed by atoms with van der Waals surface area (Å²) in [7, 11) is -3.09. The van der Waals surface area contributed by atoms with E-state index in [2.05, 4.69) is 31.9 Å². The van der Waals surface area contributed by atoms with Crippen LogP contribution < -0.4 is 0 Å². The van der Waals surface area contributed by atoms with Gasteiger partial charge in [0.25, 0.3) is 0 Å². The summed E-state index contributed by atoms with van der Waals surface area (Å²) in [6, 6.07) is 6.80. The predicted octanol–water partition coefficient (Wildman–Crippen LogP) is 3.79. The van der Waals surface area contributed by atoms with Crippen molar-refractivity contribution in [1.29, 1.82) is 0 Å². The Bertz CT molecular complexity index is 412. The lowest BCUT2D eigenvalue weighted by molar-refractivity contribution is 0.591. The number of halogens is 2. The van der Waals surface area contributed by atoms with Crippen LogP contribution in [0.15, 0.2) is 33.6 Å². The summed E-state index contributed by atoms with van der Waals surface area (Å²) in [5, 5.41) is 0.936. The zero-order chi connectivity index (χ0) is 12.0. The SMILES string of the molecule is O=S(=O)(CCCCCBr)c1ccc(Br)cc1. The van der Waals surface area contributed by atoms with Gasteiger partial charge < -0.3 is 0 Å². The highest BCUT2D eigenvalue weighted by atomic mass is 79.9. The Morgan fingerprint density at radius 3 is 2.19 bits per heavy atom. The molecule has 0 bridgehead atoms. The molecule has 0 amide bonds. The number of unbranched alkanes of at least 4 members (excludes halogenated alkanes) is 2. The molecule has 0 atom stereocenters. The third-order valence-corrected chi connectivity index (χ3v) is 5.13. The summed E-state index contributed by atoms with van der Waals surface area (Å²) in [5.74, 6) is 0.238. The first-order chi connectivity index (χ1) is 7.56. The molecular weight excluding hydrogens is 356 g/mol. The minimum absolute atomic E-state index is 0.238. The van der Waals surface area contributed by atoms with E-state index in [0.29, 0.717) is 4.90 Å². The van der Waals surface area contributed by atoms with E-state index < -0.39 is 9.84 Å². The normalized spacial score (nSPS) is 11.6. The molecule has 0 aliphatic rings. The lowest BCUT2D eigenvalue weighted by Crippen LogP contribution is -2.06. The van der Waals surface area contributed by atoms with E-state index in [1.54, 1.807) is 24.3 Å². The van der Waals surface area contributed by atoms with Crippen molar-refractivity contribution in [1.82, 2.24) is 0 Å². The molecule has 5 heteroatoms. The van der Waals surface area contributed by atoms with Crippen molar-refractivity contribution < 1.29 is 8.42 Å². The maximum Gasteiger partial charge on any atom is 0.178 e. The quantitative estimate of drug-likeness (QED) is 0.564. The van der Waals surface area contributed by atoms with Gasteiger partial charge in [0.15, 0.2) is 9.84 Å². The first-order valence-electron chi connectivity index (χ1n) is 5.10. The second kappa shape index (κ2) is 6.77. The number of hydrogen-bond donors (Lipinski definition) is 0. The number of hydrogen-bond acceptors (Lipinski definition) is 2. The molecule has 16 heavy (non-hydrogen) atoms. The summed E-state index contributed by atoms with van der Waals surface area (Å²) in [6.07, 6.45) is 2.70. The van der Waals surface area contributed by atoms with Crippen LogP contribution in [0.4, 0.5) is 0 Å². The highest BCUT2D eigenvalue weighted by molar-refractivity contribution is 9.10. The summed E-state index contributed by atoms with van der Waals surface area (Å²) >= 11 is 6.61. The monoisotopic (exact) mass is 368 g/mol. The third-order valence-electron chi connectivity index (χ3n) is 2.22. The molecule has 0 radical (unpaired) electrons. The van der Waals surface area contributed by atoms with Gasteiger partial charge in [-0.25, -0.2) is 8.42 Å². The van der Waals surface area contributed by atoms with Crippen molar-refractivity contribution in [3.8, 4) is 0 Å². The van der Waals surface area contributed by atoms with Gasteiger partial charge in [-0.2, -0.15) is 0 Å². The van der Waals surface area contributed by atoms with Gasteiger partial charge in [-0.05, 0) is 37.1 Å². The largest absolute Gasteiger partial charge is 0.224 e. The molecule has 0 unspecified atom stereocenters. The van der Waals surface area contributed by atoms with Crippen molar-refractivity contribution >= 4 is 41.7 Å². The van der Waals surface area contributed by atoms with Gasteiger partial charge in [0.2, 0.25) is 0 Å². The Morgan fingerprint density at radius 2 is 1.62 bits per heavy atom. The molecular formula is C11H14Br2O2S. The van der Waals surface area contributed by atoms with Crippen molar-refractivity contribution in [3.63, 3.8) is 0 Å². The minimum atomic E-state index is -3.09. The number of rotatable bonds is 6. The number of sulfone groups is 1. The number of benzene rings is 1. The lowest BCUT2D eigenvalue weighted by Gasteiger charge is -2.04. The van der Waals surface area contributed by atoms with Crippen LogP contribution >= 0.6 is 31.9 Å². The molecule has 0 aromatic heterocycles. The molecule has 1 rings (SSSR count). The molecule has 1 aromatic rings. The van der Waals surface area contributed by atoms with Crippen molar-refractivity contribution in [2.75, 3.05) is 11.1 Å². The van der Waals surface area contributed by atoms with Gasteiger partial charge in [-0.3, -0.25) is 0 Å². The van der Waals surface area contributed by atoms with Crippen LogP contribution in [0.25, 0.3) is 0 Å². The molecule has 0 heterocycles. The summed E-state index contributed by atoms with van der Waals surface area (Å²) in [5.41, 5.74) is 0. The summed E-state index contributed by atoms with van der Waals surface area (Å²) in [4.78, 5) is 0.412. The van der Waals surface area contributed by atoms with Gasteiger partial charge >= 0.3 is 0 Å². The highest BCUT2D eigenvalue weighted by Crippen LogP contribution is 2.17. The molecule has 0 saturated carbocycles. The first kappa shape index (κ1) is 14.2. The van der Waals surface area contributed by atoms with Crippen LogP contribution in [0.1, 0.15) is 19.3 Å². The zero-order valence-electron chi connectivity index (χ0n) is 8.83. The average Bonchev–Trinajstić information content (AvgIpc) is 2.25. The maximum atomic E-state index is 11.9. The van der Waals surface area contributed by atoms with Crippen molar-refractivity contribution in [2.45, 2.75) is 24.2 Å². The Morgan fingerprint density at radius 1 is 1.00 bits per heavy atom. The Hall–Kier alpha value is 0.130. The lowest BCUT2D eigenvalue weighted by atomic mass is 10.3.